The first-order chi connectivity index (χ1) is 14.7. The number of nitrogens with zero attached hydrogens (tertiary/aromatic N) is 2. The first-order valence-corrected chi connectivity index (χ1v) is 11.6. The van der Waals surface area contributed by atoms with E-state index >= 15 is 0 Å². The molecule has 7 nitrogen and oxygen atoms in total. The van der Waals surface area contributed by atoms with Crippen LogP contribution in [0.25, 0.3) is 10.9 Å². The summed E-state index contributed by atoms with van der Waals surface area (Å²) in [6.45, 7) is 4.66. The van der Waals surface area contributed by atoms with E-state index < -0.39 is 15.4 Å². The van der Waals surface area contributed by atoms with Gasteiger partial charge in [0.2, 0.25) is 10.0 Å². The topological polar surface area (TPSA) is 114 Å². The number of carbonyl (C=O) groups is 1. The molecule has 2 aromatic carbocycles. The Balaban J connectivity index is 1.75. The Kier molecular flexibility index (Phi) is 4.10. The van der Waals surface area contributed by atoms with Crippen molar-refractivity contribution in [2.24, 2.45) is 0 Å². The van der Waals surface area contributed by atoms with E-state index in [4.69, 9.17) is 0 Å². The fourth-order valence-corrected chi connectivity index (χ4v) is 6.40. The molecule has 0 amide bonds. The second kappa shape index (κ2) is 6.42. The molecule has 0 bridgehead atoms. The van der Waals surface area contributed by atoms with Gasteiger partial charge in [-0.1, -0.05) is 19.9 Å². The van der Waals surface area contributed by atoms with Crippen molar-refractivity contribution in [3.63, 3.8) is 0 Å². The van der Waals surface area contributed by atoms with Crippen LogP contribution in [0.1, 0.15) is 59.4 Å². The summed E-state index contributed by atoms with van der Waals surface area (Å²) in [7, 11) is -3.89. The molecule has 0 unspecified atom stereocenters. The molecule has 1 aromatic heterocycles. The standard InChI is InChI=1S/C23H21N3O4S/c1-23(2)16-11-18(27)19(31(29,30)26-7-3-4-8-26)10-15(16)21(28)20-14-6-5-13(12-24)9-17(14)25-22(20)23/h5-6,9-11,25,27H,3-4,7-8H2,1-2H3. The lowest BCUT2D eigenvalue weighted by Gasteiger charge is -2.32. The van der Waals surface area contributed by atoms with Gasteiger partial charge in [0.1, 0.15) is 10.6 Å². The zero-order valence-electron chi connectivity index (χ0n) is 17.2. The van der Waals surface area contributed by atoms with Crippen molar-refractivity contribution in [1.82, 2.24) is 9.29 Å². The molecular formula is C23H21N3O4S. The molecule has 1 aliphatic carbocycles. The van der Waals surface area contributed by atoms with Gasteiger partial charge in [-0.25, -0.2) is 8.42 Å². The molecule has 1 fully saturated rings. The summed E-state index contributed by atoms with van der Waals surface area (Å²) in [5.74, 6) is -0.643. The zero-order valence-corrected chi connectivity index (χ0v) is 18.0. The lowest BCUT2D eigenvalue weighted by atomic mass is 9.71. The van der Waals surface area contributed by atoms with Crippen molar-refractivity contribution in [3.05, 3.63) is 58.3 Å². The SMILES string of the molecule is CC1(C)c2cc(O)c(S(=O)(=O)N3CCCC3)cc2C(=O)c2c1[nH]c1cc(C#N)ccc21. The molecule has 2 heterocycles. The molecule has 158 valence electrons. The molecule has 0 saturated carbocycles. The third-order valence-corrected chi connectivity index (χ3v) is 8.41. The molecule has 8 heteroatoms. The number of aromatic amines is 1. The van der Waals surface area contributed by atoms with Gasteiger partial charge in [0.25, 0.3) is 0 Å². The molecule has 0 radical (unpaired) electrons. The lowest BCUT2D eigenvalue weighted by Crippen LogP contribution is -2.32. The zero-order chi connectivity index (χ0) is 22.1. The fourth-order valence-electron chi connectivity index (χ4n) is 4.79. The number of hydrogen-bond acceptors (Lipinski definition) is 5. The Morgan fingerprint density at radius 1 is 1.16 bits per heavy atom. The van der Waals surface area contributed by atoms with Crippen LogP contribution in [0.15, 0.2) is 35.2 Å². The van der Waals surface area contributed by atoms with Gasteiger partial charge in [-0.05, 0) is 42.7 Å². The normalized spacial score (nSPS) is 18.0. The number of nitrogens with one attached hydrogen (secondary N) is 1. The molecule has 0 spiro atoms. The summed E-state index contributed by atoms with van der Waals surface area (Å²) in [4.78, 5) is 16.6. The van der Waals surface area contributed by atoms with Crippen molar-refractivity contribution in [2.45, 2.75) is 37.0 Å². The Bertz CT molecular complexity index is 1420. The van der Waals surface area contributed by atoms with Gasteiger partial charge in [0.05, 0.1) is 17.2 Å². The number of phenolic OH excluding ortho intramolecular Hbond substituents is 1. The third-order valence-electron chi connectivity index (χ3n) is 6.48. The number of benzene rings is 2. The molecule has 3 aromatic rings. The van der Waals surface area contributed by atoms with Gasteiger partial charge in [-0.3, -0.25) is 4.79 Å². The highest BCUT2D eigenvalue weighted by Crippen LogP contribution is 2.46. The summed E-state index contributed by atoms with van der Waals surface area (Å²) in [6, 6.07) is 9.93. The van der Waals surface area contributed by atoms with E-state index in [1.165, 1.54) is 16.4 Å². The van der Waals surface area contributed by atoms with Gasteiger partial charge >= 0.3 is 0 Å². The van der Waals surface area contributed by atoms with Crippen molar-refractivity contribution in [1.29, 1.82) is 5.26 Å². The highest BCUT2D eigenvalue weighted by Gasteiger charge is 2.42. The van der Waals surface area contributed by atoms with Gasteiger partial charge in [0.15, 0.2) is 5.78 Å². The summed E-state index contributed by atoms with van der Waals surface area (Å²) >= 11 is 0. The smallest absolute Gasteiger partial charge is 0.246 e. The number of aromatic nitrogens is 1. The predicted molar refractivity (Wildman–Crippen MR) is 115 cm³/mol. The molecule has 1 saturated heterocycles. The van der Waals surface area contributed by atoms with E-state index in [0.717, 1.165) is 12.8 Å². The first kappa shape index (κ1) is 19.8. The van der Waals surface area contributed by atoms with E-state index in [0.29, 0.717) is 46.4 Å². The Morgan fingerprint density at radius 3 is 2.55 bits per heavy atom. The van der Waals surface area contributed by atoms with Gasteiger partial charge < -0.3 is 10.1 Å². The minimum atomic E-state index is -3.89. The van der Waals surface area contributed by atoms with Crippen molar-refractivity contribution in [3.8, 4) is 11.8 Å². The van der Waals surface area contributed by atoms with Crippen LogP contribution in [0.3, 0.4) is 0 Å². The number of sulfonamides is 1. The number of fused-ring (bicyclic) bond motifs is 4. The van der Waals surface area contributed by atoms with Crippen LogP contribution in [-0.2, 0) is 15.4 Å². The van der Waals surface area contributed by atoms with Gasteiger partial charge in [0, 0.05) is 40.7 Å². The van der Waals surface area contributed by atoms with Crippen LogP contribution < -0.4 is 0 Å². The van der Waals surface area contributed by atoms with E-state index in [9.17, 15) is 23.6 Å². The monoisotopic (exact) mass is 435 g/mol. The number of ketones is 1. The molecule has 31 heavy (non-hydrogen) atoms. The number of aromatic hydroxyl groups is 1. The van der Waals surface area contributed by atoms with Crippen LogP contribution >= 0.6 is 0 Å². The molecule has 5 rings (SSSR count). The second-order valence-corrected chi connectivity index (χ2v) is 10.6. The van der Waals surface area contributed by atoms with Gasteiger partial charge in [-0.2, -0.15) is 9.57 Å². The number of H-pyrrole nitrogens is 1. The average molecular weight is 436 g/mol. The van der Waals surface area contributed by atoms with Crippen LogP contribution in [-0.4, -0.2) is 41.7 Å². The highest BCUT2D eigenvalue weighted by molar-refractivity contribution is 7.89. The minimum Gasteiger partial charge on any atom is -0.507 e. The minimum absolute atomic E-state index is 0.229. The maximum Gasteiger partial charge on any atom is 0.246 e. The Labute approximate surface area is 180 Å². The van der Waals surface area contributed by atoms with E-state index in [-0.39, 0.29) is 22.0 Å². The van der Waals surface area contributed by atoms with Crippen molar-refractivity contribution >= 4 is 26.7 Å². The van der Waals surface area contributed by atoms with Gasteiger partial charge in [-0.15, -0.1) is 0 Å². The van der Waals surface area contributed by atoms with E-state index in [1.807, 2.05) is 13.8 Å². The average Bonchev–Trinajstić information content (AvgIpc) is 3.40. The fraction of sp³-hybridized carbons (Fsp3) is 0.304. The summed E-state index contributed by atoms with van der Waals surface area (Å²) in [6.07, 6.45) is 1.56. The van der Waals surface area contributed by atoms with E-state index in [1.54, 1.807) is 18.2 Å². The summed E-state index contributed by atoms with van der Waals surface area (Å²) in [5.41, 5.74) is 2.47. The number of phenols is 1. The quantitative estimate of drug-likeness (QED) is 0.640. The number of carbonyl (C=O) groups excluding carboxylic acids is 1. The second-order valence-electron chi connectivity index (χ2n) is 8.68. The molecule has 0 atom stereocenters. The number of rotatable bonds is 2. The van der Waals surface area contributed by atoms with Crippen LogP contribution in [0.4, 0.5) is 0 Å². The molecule has 1 aliphatic heterocycles. The third kappa shape index (κ3) is 2.67. The number of hydrogen-bond donors (Lipinski definition) is 2. The van der Waals surface area contributed by atoms with Crippen LogP contribution in [0, 0.1) is 11.3 Å². The number of nitriles is 1. The summed E-state index contributed by atoms with van der Waals surface area (Å²) in [5, 5.41) is 20.6. The Hall–Kier alpha value is -3.15. The van der Waals surface area contributed by atoms with Crippen molar-refractivity contribution < 1.29 is 18.3 Å². The lowest BCUT2D eigenvalue weighted by molar-refractivity contribution is 0.103. The first-order valence-electron chi connectivity index (χ1n) is 10.1. The Morgan fingerprint density at radius 2 is 1.87 bits per heavy atom. The van der Waals surface area contributed by atoms with Crippen molar-refractivity contribution in [2.75, 3.05) is 13.1 Å². The summed E-state index contributed by atoms with van der Waals surface area (Å²) < 4.78 is 27.6. The molecule has 2 aliphatic rings. The maximum absolute atomic E-state index is 13.6. The van der Waals surface area contributed by atoms with Crippen LogP contribution in [0.2, 0.25) is 0 Å². The largest absolute Gasteiger partial charge is 0.507 e. The predicted octanol–water partition coefficient (Wildman–Crippen LogP) is 3.40. The maximum atomic E-state index is 13.6. The molecular weight excluding hydrogens is 414 g/mol. The molecule has 2 N–H and O–H groups in total. The van der Waals surface area contributed by atoms with E-state index in [2.05, 4.69) is 11.1 Å². The van der Waals surface area contributed by atoms with Crippen LogP contribution in [0.5, 0.6) is 5.75 Å². The highest BCUT2D eigenvalue weighted by atomic mass is 32.2.